The van der Waals surface area contributed by atoms with Gasteiger partial charge in [-0.05, 0) is 57.4 Å². The lowest BCUT2D eigenvalue weighted by atomic mass is 9.66. The molecule has 1 aliphatic carbocycles. The first-order valence-corrected chi connectivity index (χ1v) is 9.73. The number of carbonyl (C=O) groups is 1. The summed E-state index contributed by atoms with van der Waals surface area (Å²) in [6.45, 7) is 5.31. The van der Waals surface area contributed by atoms with Gasteiger partial charge in [0.1, 0.15) is 0 Å². The molecule has 0 unspecified atom stereocenters. The molecule has 1 aromatic rings. The number of hydrogen-bond acceptors (Lipinski definition) is 4. The Hall–Kier alpha value is -1.75. The molecule has 4 atom stereocenters. The van der Waals surface area contributed by atoms with Crippen LogP contribution in [0, 0.1) is 12.3 Å². The summed E-state index contributed by atoms with van der Waals surface area (Å²) in [6, 6.07) is 7.24. The molecular weight excluding hydrogens is 328 g/mol. The molecule has 1 aromatic carbocycles. The first-order chi connectivity index (χ1) is 12.4. The fraction of sp³-hybridized carbons (Fsp3) is 0.667. The number of fused-ring (bicyclic) bond motifs is 1. The maximum atomic E-state index is 13.0. The van der Waals surface area contributed by atoms with Gasteiger partial charge in [-0.25, -0.2) is 0 Å². The molecule has 2 saturated heterocycles. The van der Waals surface area contributed by atoms with Crippen LogP contribution in [0.15, 0.2) is 18.2 Å². The van der Waals surface area contributed by atoms with Crippen LogP contribution in [0.3, 0.4) is 0 Å². The highest BCUT2D eigenvalue weighted by molar-refractivity contribution is 5.78. The first-order valence-electron chi connectivity index (χ1n) is 9.73. The van der Waals surface area contributed by atoms with Crippen LogP contribution in [0.1, 0.15) is 38.2 Å². The molecule has 1 saturated carbocycles. The molecule has 5 nitrogen and oxygen atoms in total. The smallest absolute Gasteiger partial charge is 0.260 e. The van der Waals surface area contributed by atoms with E-state index in [0.717, 1.165) is 18.5 Å². The summed E-state index contributed by atoms with van der Waals surface area (Å²) in [5, 5.41) is 0. The molecule has 3 fully saturated rings. The molecule has 26 heavy (non-hydrogen) atoms. The van der Waals surface area contributed by atoms with Crippen molar-refractivity contribution in [3.8, 4) is 11.5 Å². The number of carbonyl (C=O) groups excluding carboxylic acids is 1. The van der Waals surface area contributed by atoms with Gasteiger partial charge in [-0.2, -0.15) is 0 Å². The third-order valence-corrected chi connectivity index (χ3v) is 6.99. The first kappa shape index (κ1) is 17.7. The molecule has 0 spiro atoms. The zero-order valence-corrected chi connectivity index (χ0v) is 16.3. The van der Waals surface area contributed by atoms with Crippen molar-refractivity contribution in [3.05, 3.63) is 23.8 Å². The summed E-state index contributed by atoms with van der Waals surface area (Å²) in [7, 11) is 3.87. The number of rotatable bonds is 4. The zero-order chi connectivity index (χ0) is 18.5. The molecule has 0 radical (unpaired) electrons. The fourth-order valence-electron chi connectivity index (χ4n) is 5.68. The van der Waals surface area contributed by atoms with Gasteiger partial charge in [0, 0.05) is 30.1 Å². The Labute approximate surface area is 156 Å². The second-order valence-electron chi connectivity index (χ2n) is 8.48. The van der Waals surface area contributed by atoms with Crippen molar-refractivity contribution in [1.29, 1.82) is 0 Å². The van der Waals surface area contributed by atoms with Crippen LogP contribution in [0.25, 0.3) is 0 Å². The van der Waals surface area contributed by atoms with Crippen LogP contribution in [0.2, 0.25) is 0 Å². The Morgan fingerprint density at radius 3 is 2.81 bits per heavy atom. The molecule has 0 aromatic heterocycles. The number of likely N-dealkylation sites (tertiary alicyclic amines) is 2. The SMILES string of the molecule is COc1cc(C)ccc1OCC(=O)N1C[C@@H]2C[C@@]3(C)[C@H](CCC[C@@H]13)N2C. The van der Waals surface area contributed by atoms with Gasteiger partial charge >= 0.3 is 0 Å². The van der Waals surface area contributed by atoms with E-state index in [1.54, 1.807) is 7.11 Å². The van der Waals surface area contributed by atoms with Crippen molar-refractivity contribution < 1.29 is 14.3 Å². The second-order valence-corrected chi connectivity index (χ2v) is 8.48. The van der Waals surface area contributed by atoms with E-state index < -0.39 is 0 Å². The highest BCUT2D eigenvalue weighted by Crippen LogP contribution is 2.53. The topological polar surface area (TPSA) is 42.0 Å². The van der Waals surface area contributed by atoms with Crippen molar-refractivity contribution >= 4 is 5.91 Å². The molecular formula is C21H30N2O3. The number of ether oxygens (including phenoxy) is 2. The highest BCUT2D eigenvalue weighted by Gasteiger charge is 2.59. The van der Waals surface area contributed by atoms with Crippen LogP contribution in [0.5, 0.6) is 11.5 Å². The van der Waals surface area contributed by atoms with Gasteiger partial charge in [-0.1, -0.05) is 13.0 Å². The number of hydrogen-bond donors (Lipinski definition) is 0. The van der Waals surface area contributed by atoms with Crippen molar-refractivity contribution in [1.82, 2.24) is 9.80 Å². The quantitative estimate of drug-likeness (QED) is 0.830. The average Bonchev–Trinajstić information content (AvgIpc) is 2.88. The highest BCUT2D eigenvalue weighted by atomic mass is 16.5. The van der Waals surface area contributed by atoms with E-state index in [-0.39, 0.29) is 17.9 Å². The van der Waals surface area contributed by atoms with Crippen LogP contribution in [-0.2, 0) is 4.79 Å². The molecule has 2 aliphatic heterocycles. The number of amides is 1. The van der Waals surface area contributed by atoms with E-state index >= 15 is 0 Å². The molecule has 0 N–H and O–H groups in total. The second kappa shape index (κ2) is 6.45. The lowest BCUT2D eigenvalue weighted by molar-refractivity contribution is -0.142. The largest absolute Gasteiger partial charge is 0.493 e. The van der Waals surface area contributed by atoms with E-state index in [0.29, 0.717) is 29.6 Å². The standard InChI is InChI=1S/C21H30N2O3/c1-14-8-9-16(17(10-14)25-4)26-13-20(24)23-12-15-11-21(2)18(22(15)3)6-5-7-19(21)23/h8-10,15,18-19H,5-7,11-13H2,1-4H3/t15-,18-,19+,21-/m0/s1. The van der Waals surface area contributed by atoms with Crippen LogP contribution in [-0.4, -0.2) is 61.1 Å². The molecule has 4 rings (SSSR count). The van der Waals surface area contributed by atoms with Gasteiger partial charge in [0.25, 0.3) is 5.91 Å². The van der Waals surface area contributed by atoms with Crippen molar-refractivity contribution in [3.63, 3.8) is 0 Å². The maximum Gasteiger partial charge on any atom is 0.260 e. The third-order valence-electron chi connectivity index (χ3n) is 6.99. The van der Waals surface area contributed by atoms with Gasteiger partial charge in [0.05, 0.1) is 7.11 Å². The average molecular weight is 358 g/mol. The number of aryl methyl sites for hydroxylation is 1. The van der Waals surface area contributed by atoms with Gasteiger partial charge in [0.2, 0.25) is 0 Å². The van der Waals surface area contributed by atoms with Gasteiger partial charge in [-0.15, -0.1) is 0 Å². The van der Waals surface area contributed by atoms with E-state index in [9.17, 15) is 4.79 Å². The summed E-state index contributed by atoms with van der Waals surface area (Å²) in [4.78, 5) is 17.7. The predicted octanol–water partition coefficient (Wildman–Crippen LogP) is 2.86. The Balaban J connectivity index is 1.49. The Morgan fingerprint density at radius 1 is 1.27 bits per heavy atom. The lowest BCUT2D eigenvalue weighted by Crippen LogP contribution is -2.58. The number of likely N-dealkylation sites (N-methyl/N-ethyl adjacent to an activating group) is 1. The third kappa shape index (κ3) is 2.68. The Bertz CT molecular complexity index is 706. The minimum absolute atomic E-state index is 0.0765. The molecule has 2 heterocycles. The Kier molecular flexibility index (Phi) is 4.38. The van der Waals surface area contributed by atoms with E-state index in [1.165, 1.54) is 19.3 Å². The number of methoxy groups -OCH3 is 1. The van der Waals surface area contributed by atoms with E-state index in [4.69, 9.17) is 9.47 Å². The summed E-state index contributed by atoms with van der Waals surface area (Å²) >= 11 is 0. The number of nitrogens with zero attached hydrogens (tertiary/aromatic N) is 2. The molecule has 1 amide bonds. The number of benzene rings is 1. The summed E-state index contributed by atoms with van der Waals surface area (Å²) < 4.78 is 11.2. The fourth-order valence-corrected chi connectivity index (χ4v) is 5.68. The van der Waals surface area contributed by atoms with Crippen LogP contribution >= 0.6 is 0 Å². The summed E-state index contributed by atoms with van der Waals surface area (Å²) in [5.74, 6) is 1.42. The van der Waals surface area contributed by atoms with Gasteiger partial charge in [-0.3, -0.25) is 9.69 Å². The Morgan fingerprint density at radius 2 is 2.04 bits per heavy atom. The van der Waals surface area contributed by atoms with Crippen molar-refractivity contribution in [2.45, 2.75) is 57.7 Å². The van der Waals surface area contributed by atoms with E-state index in [2.05, 4.69) is 23.8 Å². The normalized spacial score (nSPS) is 33.2. The zero-order valence-electron chi connectivity index (χ0n) is 16.3. The van der Waals surface area contributed by atoms with Gasteiger partial charge < -0.3 is 14.4 Å². The van der Waals surface area contributed by atoms with Crippen LogP contribution in [0.4, 0.5) is 0 Å². The molecule has 142 valence electrons. The van der Waals surface area contributed by atoms with Gasteiger partial charge in [0.15, 0.2) is 18.1 Å². The number of piperidine rings is 1. The molecule has 2 bridgehead atoms. The van der Waals surface area contributed by atoms with Crippen molar-refractivity contribution in [2.75, 3.05) is 27.3 Å². The maximum absolute atomic E-state index is 13.0. The summed E-state index contributed by atoms with van der Waals surface area (Å²) in [6.07, 6.45) is 4.81. The molecule has 3 aliphatic rings. The molecule has 5 heteroatoms. The minimum Gasteiger partial charge on any atom is -0.493 e. The lowest BCUT2D eigenvalue weighted by Gasteiger charge is -2.50. The van der Waals surface area contributed by atoms with Crippen molar-refractivity contribution in [2.24, 2.45) is 5.41 Å². The van der Waals surface area contributed by atoms with E-state index in [1.807, 2.05) is 25.1 Å². The predicted molar refractivity (Wildman–Crippen MR) is 101 cm³/mol. The monoisotopic (exact) mass is 358 g/mol. The van der Waals surface area contributed by atoms with Crippen LogP contribution < -0.4 is 9.47 Å². The summed E-state index contributed by atoms with van der Waals surface area (Å²) in [5.41, 5.74) is 1.34. The minimum atomic E-state index is 0.0765.